The number of benzene rings is 1. The molecular weight excluding hydrogens is 370 g/mol. The summed E-state index contributed by atoms with van der Waals surface area (Å²) in [5.41, 5.74) is 1.56. The molecule has 0 saturated carbocycles. The normalized spacial score (nSPS) is 25.1. The van der Waals surface area contributed by atoms with Gasteiger partial charge in [-0.25, -0.2) is 4.68 Å². The second kappa shape index (κ2) is 7.48. The standard InChI is InChI=1S/C18H25N3O5S/c1-13-12-25-9-7-20(13)11-16-15-6-5-14(27(22,23)24)10-17(15)21(19-16)18-4-2-3-8-26-18/h5-6,10,13,18H,2-4,7-9,11-12H2,1H3,(H,22,23,24). The molecule has 8 nitrogen and oxygen atoms in total. The summed E-state index contributed by atoms with van der Waals surface area (Å²) in [4.78, 5) is 2.19. The molecule has 1 N–H and O–H groups in total. The summed E-state index contributed by atoms with van der Waals surface area (Å²) in [6, 6.07) is 4.94. The van der Waals surface area contributed by atoms with E-state index in [1.807, 2.05) is 0 Å². The fourth-order valence-electron chi connectivity index (χ4n) is 3.78. The number of hydrogen-bond acceptors (Lipinski definition) is 6. The van der Waals surface area contributed by atoms with Gasteiger partial charge < -0.3 is 9.47 Å². The van der Waals surface area contributed by atoms with Crippen molar-refractivity contribution in [2.45, 2.75) is 49.9 Å². The Hall–Kier alpha value is -1.52. The molecule has 1 aromatic heterocycles. The minimum absolute atomic E-state index is 0.127. The molecule has 2 atom stereocenters. The average Bonchev–Trinajstić information content (AvgIpc) is 3.01. The highest BCUT2D eigenvalue weighted by molar-refractivity contribution is 7.85. The van der Waals surface area contributed by atoms with Crippen molar-refractivity contribution in [1.29, 1.82) is 0 Å². The van der Waals surface area contributed by atoms with Crippen LogP contribution >= 0.6 is 0 Å². The van der Waals surface area contributed by atoms with Crippen molar-refractivity contribution in [3.8, 4) is 0 Å². The van der Waals surface area contributed by atoms with Gasteiger partial charge in [0.05, 0.1) is 29.3 Å². The summed E-state index contributed by atoms with van der Waals surface area (Å²) in [5, 5.41) is 5.68. The molecule has 0 amide bonds. The SMILES string of the molecule is CC1COCCN1Cc1nn(C2CCCCO2)c2cc(S(=O)(=O)O)ccc12. The van der Waals surface area contributed by atoms with Crippen LogP contribution in [-0.2, 0) is 26.1 Å². The number of morpholine rings is 1. The maximum atomic E-state index is 11.6. The number of hydrogen-bond donors (Lipinski definition) is 1. The maximum Gasteiger partial charge on any atom is 0.294 e. The fourth-order valence-corrected chi connectivity index (χ4v) is 4.29. The second-order valence-electron chi connectivity index (χ2n) is 7.26. The van der Waals surface area contributed by atoms with Crippen molar-refractivity contribution in [3.63, 3.8) is 0 Å². The topological polar surface area (TPSA) is 93.9 Å². The smallest absolute Gasteiger partial charge is 0.294 e. The number of nitrogens with zero attached hydrogens (tertiary/aromatic N) is 3. The van der Waals surface area contributed by atoms with Gasteiger partial charge in [-0.1, -0.05) is 0 Å². The van der Waals surface area contributed by atoms with Crippen molar-refractivity contribution in [1.82, 2.24) is 14.7 Å². The van der Waals surface area contributed by atoms with Gasteiger partial charge in [0.15, 0.2) is 6.23 Å². The highest BCUT2D eigenvalue weighted by atomic mass is 32.2. The van der Waals surface area contributed by atoms with Crippen molar-refractivity contribution in [2.75, 3.05) is 26.4 Å². The minimum atomic E-state index is -4.28. The van der Waals surface area contributed by atoms with Gasteiger partial charge in [0.1, 0.15) is 0 Å². The van der Waals surface area contributed by atoms with Gasteiger partial charge in [0.25, 0.3) is 10.1 Å². The van der Waals surface area contributed by atoms with Gasteiger partial charge in [-0.2, -0.15) is 13.5 Å². The molecule has 1 aromatic carbocycles. The number of aromatic nitrogens is 2. The Morgan fingerprint density at radius 2 is 2.15 bits per heavy atom. The van der Waals surface area contributed by atoms with Gasteiger partial charge in [0.2, 0.25) is 0 Å². The van der Waals surface area contributed by atoms with Crippen LogP contribution in [0.2, 0.25) is 0 Å². The summed E-state index contributed by atoms with van der Waals surface area (Å²) in [6.07, 6.45) is 2.68. The number of rotatable bonds is 4. The third-order valence-electron chi connectivity index (χ3n) is 5.34. The molecule has 3 heterocycles. The molecule has 2 unspecified atom stereocenters. The fraction of sp³-hybridized carbons (Fsp3) is 0.611. The van der Waals surface area contributed by atoms with Crippen molar-refractivity contribution >= 4 is 21.0 Å². The lowest BCUT2D eigenvalue weighted by atomic mass is 10.1. The van der Waals surface area contributed by atoms with Gasteiger partial charge >= 0.3 is 0 Å². The summed E-state index contributed by atoms with van der Waals surface area (Å²) in [7, 11) is -4.28. The van der Waals surface area contributed by atoms with Crippen LogP contribution < -0.4 is 0 Å². The van der Waals surface area contributed by atoms with Crippen LogP contribution in [0.1, 0.15) is 38.1 Å². The average molecular weight is 395 g/mol. The van der Waals surface area contributed by atoms with E-state index >= 15 is 0 Å². The summed E-state index contributed by atoms with van der Waals surface area (Å²) < 4.78 is 45.8. The Bertz CT molecular complexity index is 920. The lowest BCUT2D eigenvalue weighted by Gasteiger charge is -2.32. The molecule has 9 heteroatoms. The molecule has 27 heavy (non-hydrogen) atoms. The van der Waals surface area contributed by atoms with Crippen LogP contribution in [0.25, 0.3) is 10.9 Å². The molecule has 2 saturated heterocycles. The first kappa shape index (κ1) is 18.8. The van der Waals surface area contributed by atoms with E-state index in [-0.39, 0.29) is 11.1 Å². The first-order valence-electron chi connectivity index (χ1n) is 9.35. The molecular formula is C18H25N3O5S. The Labute approximate surface area is 158 Å². The van der Waals surface area contributed by atoms with E-state index in [2.05, 4.69) is 11.8 Å². The van der Waals surface area contributed by atoms with Gasteiger partial charge in [0, 0.05) is 31.1 Å². The minimum Gasteiger partial charge on any atom is -0.379 e. The third-order valence-corrected chi connectivity index (χ3v) is 6.19. The predicted molar refractivity (Wildman–Crippen MR) is 99.1 cm³/mol. The molecule has 0 radical (unpaired) electrons. The molecule has 2 aromatic rings. The lowest BCUT2D eigenvalue weighted by molar-refractivity contribution is -0.0375. The molecule has 2 aliphatic rings. The highest BCUT2D eigenvalue weighted by Gasteiger charge is 2.25. The Morgan fingerprint density at radius 3 is 2.85 bits per heavy atom. The predicted octanol–water partition coefficient (Wildman–Crippen LogP) is 2.20. The van der Waals surface area contributed by atoms with E-state index in [1.54, 1.807) is 10.7 Å². The highest BCUT2D eigenvalue weighted by Crippen LogP contribution is 2.30. The lowest BCUT2D eigenvalue weighted by Crippen LogP contribution is -2.43. The van der Waals surface area contributed by atoms with E-state index < -0.39 is 10.1 Å². The van der Waals surface area contributed by atoms with Crippen molar-refractivity contribution < 1.29 is 22.4 Å². The van der Waals surface area contributed by atoms with Crippen molar-refractivity contribution in [2.24, 2.45) is 0 Å². The van der Waals surface area contributed by atoms with Gasteiger partial charge in [-0.15, -0.1) is 0 Å². The zero-order valence-electron chi connectivity index (χ0n) is 15.4. The quantitative estimate of drug-likeness (QED) is 0.793. The molecule has 148 valence electrons. The molecule has 2 fully saturated rings. The first-order chi connectivity index (χ1) is 12.9. The molecule has 0 spiro atoms. The van der Waals surface area contributed by atoms with E-state index in [0.717, 1.165) is 36.9 Å². The number of ether oxygens (including phenoxy) is 2. The summed E-state index contributed by atoms with van der Waals surface area (Å²) in [6.45, 7) is 5.67. The van der Waals surface area contributed by atoms with E-state index in [9.17, 15) is 13.0 Å². The van der Waals surface area contributed by atoms with Crippen LogP contribution in [0.15, 0.2) is 23.1 Å². The molecule has 4 rings (SSSR count). The third kappa shape index (κ3) is 3.88. The summed E-state index contributed by atoms with van der Waals surface area (Å²) in [5.74, 6) is 0. The van der Waals surface area contributed by atoms with Crippen LogP contribution in [0.4, 0.5) is 0 Å². The first-order valence-corrected chi connectivity index (χ1v) is 10.8. The molecule has 0 bridgehead atoms. The number of fused-ring (bicyclic) bond motifs is 1. The largest absolute Gasteiger partial charge is 0.379 e. The Kier molecular flexibility index (Phi) is 5.21. The zero-order chi connectivity index (χ0) is 19.0. The maximum absolute atomic E-state index is 11.6. The van der Waals surface area contributed by atoms with Crippen LogP contribution in [0.5, 0.6) is 0 Å². The monoisotopic (exact) mass is 395 g/mol. The molecule has 0 aliphatic carbocycles. The Morgan fingerprint density at radius 1 is 1.30 bits per heavy atom. The Balaban J connectivity index is 1.76. The van der Waals surface area contributed by atoms with Crippen LogP contribution in [0.3, 0.4) is 0 Å². The zero-order valence-corrected chi connectivity index (χ0v) is 16.2. The van der Waals surface area contributed by atoms with Crippen LogP contribution in [0, 0.1) is 0 Å². The second-order valence-corrected chi connectivity index (χ2v) is 8.68. The van der Waals surface area contributed by atoms with Crippen LogP contribution in [-0.4, -0.2) is 60.1 Å². The van der Waals surface area contributed by atoms with E-state index in [0.29, 0.717) is 37.9 Å². The van der Waals surface area contributed by atoms with Gasteiger partial charge in [-0.05, 0) is 44.4 Å². The van der Waals surface area contributed by atoms with E-state index in [1.165, 1.54) is 12.1 Å². The van der Waals surface area contributed by atoms with Gasteiger partial charge in [-0.3, -0.25) is 9.45 Å². The summed E-state index contributed by atoms with van der Waals surface area (Å²) >= 11 is 0. The molecule has 2 aliphatic heterocycles. The van der Waals surface area contributed by atoms with E-state index in [4.69, 9.17) is 14.6 Å². The van der Waals surface area contributed by atoms with Crippen molar-refractivity contribution in [3.05, 3.63) is 23.9 Å².